The van der Waals surface area contributed by atoms with E-state index in [2.05, 4.69) is 47.5 Å². The molecule has 1 aromatic heterocycles. The van der Waals surface area contributed by atoms with Crippen LogP contribution in [0.1, 0.15) is 116 Å². The number of benzene rings is 3. The number of carboxylic acids is 1. The quantitative estimate of drug-likeness (QED) is 0.0231. The zero-order valence-electron chi connectivity index (χ0n) is 55.6. The van der Waals surface area contributed by atoms with Gasteiger partial charge in [0, 0.05) is 73.0 Å². The molecule has 1 saturated heterocycles. The van der Waals surface area contributed by atoms with Crippen molar-refractivity contribution in [2.75, 3.05) is 24.6 Å². The van der Waals surface area contributed by atoms with E-state index < -0.39 is 131 Å². The number of nitrogens with zero attached hydrogens (tertiary/aromatic N) is 1. The van der Waals surface area contributed by atoms with E-state index in [0.717, 1.165) is 28.5 Å². The number of aromatic amines is 1. The maximum Gasteiger partial charge on any atom is 0.328 e. The minimum Gasteiger partial charge on any atom is -0.511 e. The number of unbranched alkanes of at least 4 members (excludes halogenated alkanes) is 2. The molecule has 1 aliphatic carbocycles. The van der Waals surface area contributed by atoms with E-state index in [4.69, 9.17) is 16.5 Å². The number of ketones is 1. The summed E-state index contributed by atoms with van der Waals surface area (Å²) in [5, 5.41) is 74.8. The summed E-state index contributed by atoms with van der Waals surface area (Å²) < 4.78 is 0. The normalized spacial score (nSPS) is 21.9. The molecule has 0 unspecified atom stereocenters. The maximum atomic E-state index is 15.3. The number of nitrogens with one attached hydrogen (secondary N) is 9. The van der Waals surface area contributed by atoms with Gasteiger partial charge in [-0.25, -0.2) is 4.79 Å². The third-order valence-corrected chi connectivity index (χ3v) is 18.9. The average Bonchev–Trinajstić information content (AvgIpc) is 1.57. The zero-order chi connectivity index (χ0) is 71.1. The van der Waals surface area contributed by atoms with Crippen molar-refractivity contribution in [2.24, 2.45) is 27.8 Å². The number of hydrogen-bond acceptors (Lipinski definition) is 19. The lowest BCUT2D eigenvalue weighted by Gasteiger charge is -2.30. The molecule has 1 aliphatic heterocycles. The van der Waals surface area contributed by atoms with Crippen molar-refractivity contribution >= 4 is 97.2 Å². The summed E-state index contributed by atoms with van der Waals surface area (Å²) in [5.74, 6) is -10.4. The van der Waals surface area contributed by atoms with E-state index in [1.54, 1.807) is 60.8 Å². The minimum absolute atomic E-state index is 0.0450. The molecule has 6 rings (SSSR count). The molecule has 27 nitrogen and oxygen atoms in total. The van der Waals surface area contributed by atoms with Crippen LogP contribution in [0.5, 0.6) is 5.75 Å². The molecular formula is C68H94N12O15S2. The number of aliphatic hydroxyl groups is 3. The fourth-order valence-corrected chi connectivity index (χ4v) is 13.6. The van der Waals surface area contributed by atoms with Gasteiger partial charge in [0.2, 0.25) is 47.3 Å². The number of aromatic hydroxyl groups is 1. The highest BCUT2D eigenvalue weighted by Crippen LogP contribution is 2.37. The highest BCUT2D eigenvalue weighted by molar-refractivity contribution is 8.76. The Morgan fingerprint density at radius 2 is 1.34 bits per heavy atom. The molecule has 97 heavy (non-hydrogen) atoms. The lowest BCUT2D eigenvalue weighted by atomic mass is 9.75. The van der Waals surface area contributed by atoms with Gasteiger partial charge in [0.25, 0.3) is 0 Å². The summed E-state index contributed by atoms with van der Waals surface area (Å²) >= 11 is 0. The number of carboxylic acid groups (broad SMARTS) is 1. The molecule has 0 spiro atoms. The second-order valence-corrected chi connectivity index (χ2v) is 28.5. The molecule has 0 radical (unpaired) electrons. The first kappa shape index (κ1) is 77.7. The third kappa shape index (κ3) is 24.0. The first-order valence-electron chi connectivity index (χ1n) is 32.6. The van der Waals surface area contributed by atoms with Crippen molar-refractivity contribution in [3.05, 3.63) is 113 Å². The monoisotopic (exact) mass is 1380 g/mol. The summed E-state index contributed by atoms with van der Waals surface area (Å²) in [6, 6.07) is 7.47. The van der Waals surface area contributed by atoms with Gasteiger partial charge in [0.15, 0.2) is 11.8 Å². The van der Waals surface area contributed by atoms with Gasteiger partial charge >= 0.3 is 5.97 Å². The topological polar surface area (TPSA) is 448 Å². The zero-order valence-corrected chi connectivity index (χ0v) is 57.2. The number of H-pyrrole nitrogens is 1. The van der Waals surface area contributed by atoms with E-state index >= 15 is 14.4 Å². The second kappa shape index (κ2) is 37.4. The number of phenols is 1. The first-order chi connectivity index (χ1) is 46.0. The van der Waals surface area contributed by atoms with Gasteiger partial charge in [-0.2, -0.15) is 0 Å². The average molecular weight is 1380 g/mol. The van der Waals surface area contributed by atoms with Crippen molar-refractivity contribution in [3.63, 3.8) is 0 Å². The molecule has 2 heterocycles. The van der Waals surface area contributed by atoms with Crippen LogP contribution in [0.4, 0.5) is 0 Å². The molecule has 3 aromatic carbocycles. The smallest absolute Gasteiger partial charge is 0.328 e. The molecule has 528 valence electrons. The van der Waals surface area contributed by atoms with E-state index in [1.165, 1.54) is 31.2 Å². The number of para-hydroxylation sites is 1. The fourth-order valence-electron chi connectivity index (χ4n) is 11.2. The first-order valence-corrected chi connectivity index (χ1v) is 35.1. The number of allylic oxidation sites excluding steroid dienone is 2. The lowest BCUT2D eigenvalue weighted by Crippen LogP contribution is -2.62. The number of aromatic nitrogens is 1. The molecule has 8 amide bonds. The number of phenolic OH excluding ortho intramolecular Hbond substituents is 1. The van der Waals surface area contributed by atoms with Crippen molar-refractivity contribution in [3.8, 4) is 5.75 Å². The van der Waals surface area contributed by atoms with Crippen LogP contribution in [0.2, 0.25) is 0 Å². The summed E-state index contributed by atoms with van der Waals surface area (Å²) in [5.41, 5.74) is 14.4. The Bertz CT molecular complexity index is 3450. The van der Waals surface area contributed by atoms with Gasteiger partial charge in [-0.1, -0.05) is 116 Å². The van der Waals surface area contributed by atoms with Crippen molar-refractivity contribution in [1.29, 1.82) is 0 Å². The predicted octanol–water partition coefficient (Wildman–Crippen LogP) is 2.34. The summed E-state index contributed by atoms with van der Waals surface area (Å²) in [6.07, 6.45) is 0.170. The summed E-state index contributed by atoms with van der Waals surface area (Å²) in [7, 11) is 1.74. The van der Waals surface area contributed by atoms with Crippen molar-refractivity contribution in [2.45, 2.75) is 185 Å². The van der Waals surface area contributed by atoms with Crippen molar-refractivity contribution < 1.29 is 73.5 Å². The van der Waals surface area contributed by atoms with Crippen LogP contribution in [0, 0.1) is 11.3 Å². The van der Waals surface area contributed by atoms with Crippen LogP contribution in [-0.4, -0.2) is 186 Å². The lowest BCUT2D eigenvalue weighted by molar-refractivity contribution is -0.145. The van der Waals surface area contributed by atoms with E-state index in [1.807, 2.05) is 27.7 Å². The Hall–Kier alpha value is -8.35. The van der Waals surface area contributed by atoms with E-state index in [9.17, 15) is 59.1 Å². The number of aliphatic hydroxyl groups excluding tert-OH is 3. The molecule has 11 atom stereocenters. The Balaban J connectivity index is 1.44. The molecular weight excluding hydrogens is 1290 g/mol. The van der Waals surface area contributed by atoms with Gasteiger partial charge in [0.05, 0.1) is 23.8 Å². The molecule has 4 aromatic rings. The molecule has 1 fully saturated rings. The molecule has 0 bridgehead atoms. The number of Topliss-reactive ketones (excluding diaryl/α,β-unsaturated/α-hetero) is 1. The fraction of sp³-hybridized carbons (Fsp3) is 0.515. The number of carbonyl (C=O) groups excluding carboxylic acids is 9. The van der Waals surface area contributed by atoms with Crippen LogP contribution >= 0.6 is 21.6 Å². The predicted molar refractivity (Wildman–Crippen MR) is 369 cm³/mol. The highest BCUT2D eigenvalue weighted by Gasteiger charge is 2.39. The number of fused-ring (bicyclic) bond motifs is 1. The van der Waals surface area contributed by atoms with Gasteiger partial charge in [-0.15, -0.1) is 0 Å². The van der Waals surface area contributed by atoms with Gasteiger partial charge in [0.1, 0.15) is 53.8 Å². The number of amides is 8. The molecule has 18 N–H and O–H groups in total. The Morgan fingerprint density at radius 3 is 1.99 bits per heavy atom. The molecule has 0 saturated carbocycles. The van der Waals surface area contributed by atoms with Gasteiger partial charge in [-0.3, -0.25) is 48.1 Å². The van der Waals surface area contributed by atoms with Crippen molar-refractivity contribution in [1.82, 2.24) is 47.5 Å². The Morgan fingerprint density at radius 1 is 0.701 bits per heavy atom. The summed E-state index contributed by atoms with van der Waals surface area (Å²) in [6.45, 7) is 10.4. The number of rotatable bonds is 27. The van der Waals surface area contributed by atoms with Crippen LogP contribution in [-0.2, 0) is 67.2 Å². The van der Waals surface area contributed by atoms with Gasteiger partial charge < -0.3 is 84.5 Å². The minimum atomic E-state index is -1.89. The standard InChI is InChI=1S/C68H94N12O15S2/c1-37(2)28-48(56-54(84)32-68(5,6)33-55(56)85)71-27-15-13-21-47-60(87)79-57(38(3)81)66(93)78-53(65(92)80-58(39(4)82)67(94)95)36-97-96-35-52(77-62(89)49(29-40-16-8-7-9-17-40)74-59(86)45(70)19-12-14-26-69)64(91)75-50(30-41-22-24-43(83)25-23-41)61(88)76-51(63(90)73-47)31-42-34-72-46-20-11-10-18-44(42)46/h7-11,16-18,20,22-25,34,37-39,45,47,49-53,57-58,72,81-84H,12-15,19,21,26-33,35-36,69-70H2,1-6H3,(H,73,90)(H,74,86)(H,75,91)(H,76,88)(H,77,89)(H,78,93)(H,79,87)(H,80,92)(H,94,95)/t38-,39-,45+,47+,49-,50+,51+,52+,53+,57+,58+/m1/s1. The number of nitrogens with two attached hydrogens (primary N) is 2. The van der Waals surface area contributed by atoms with Crippen LogP contribution < -0.4 is 54.0 Å². The summed E-state index contributed by atoms with van der Waals surface area (Å²) in [4.78, 5) is 151. The maximum absolute atomic E-state index is 15.3. The highest BCUT2D eigenvalue weighted by atomic mass is 33.1. The third-order valence-electron chi connectivity index (χ3n) is 16.5. The largest absolute Gasteiger partial charge is 0.511 e. The second-order valence-electron chi connectivity index (χ2n) is 25.9. The SMILES string of the molecule is CC(C)CC(=NCCCC[C@@H]1NC(=O)[C@H](Cc2c[nH]c3ccccc23)NC(=O)[C@H](Cc2ccc(O)cc2)NC(=O)[C@@H](NC(=O)[C@@H](Cc2ccccc2)NC(=O)[C@@H](N)CCCCN)CSSC[C@@H](C(=O)N[C@H](C(=O)O)[C@@H](C)O)NC(=O)[C@H]([C@@H](C)O)NC1=O)C1=C(O)CC(C)(C)CC1=O. The van der Waals surface area contributed by atoms with Crippen LogP contribution in [0.15, 0.2) is 101 Å². The van der Waals surface area contributed by atoms with E-state index in [0.29, 0.717) is 59.1 Å². The van der Waals surface area contributed by atoms with Crippen LogP contribution in [0.3, 0.4) is 0 Å². The number of hydrogen-bond donors (Lipinski definition) is 16. The Labute approximate surface area is 571 Å². The van der Waals surface area contributed by atoms with Gasteiger partial charge in [-0.05, 0) is 105 Å². The molecule has 29 heteroatoms. The van der Waals surface area contributed by atoms with Crippen LogP contribution in [0.25, 0.3) is 10.9 Å². The number of aliphatic imine (C=N–C) groups is 1. The number of aliphatic carboxylic acids is 1. The van der Waals surface area contributed by atoms with E-state index in [-0.39, 0.29) is 98.9 Å². The Kier molecular flexibility index (Phi) is 29.9. The number of carbonyl (C=O) groups is 10. The molecule has 2 aliphatic rings.